The molecular formula is C14H28N2. The predicted molar refractivity (Wildman–Crippen MR) is 69.7 cm³/mol. The van der Waals surface area contributed by atoms with Gasteiger partial charge in [0, 0.05) is 25.7 Å². The van der Waals surface area contributed by atoms with E-state index in [0.29, 0.717) is 5.41 Å². The Kier molecular flexibility index (Phi) is 4.26. The smallest absolute Gasteiger partial charge is 0.0107 e. The molecule has 1 saturated carbocycles. The highest BCUT2D eigenvalue weighted by molar-refractivity contribution is 4.80. The minimum absolute atomic E-state index is 0.547. The zero-order valence-corrected chi connectivity index (χ0v) is 11.1. The Labute approximate surface area is 101 Å². The van der Waals surface area contributed by atoms with Crippen LogP contribution in [0.15, 0.2) is 0 Å². The summed E-state index contributed by atoms with van der Waals surface area (Å²) in [7, 11) is 0. The number of nitrogens with zero attached hydrogens (tertiary/aromatic N) is 1. The SMILES string of the molecule is CC1(C)CCCN(CCNC2CCCC2)C1. The Bertz CT molecular complexity index is 207. The maximum absolute atomic E-state index is 3.71. The number of piperidine rings is 1. The van der Waals surface area contributed by atoms with Gasteiger partial charge in [-0.25, -0.2) is 0 Å². The van der Waals surface area contributed by atoms with Crippen LogP contribution in [0, 0.1) is 5.41 Å². The topological polar surface area (TPSA) is 15.3 Å². The summed E-state index contributed by atoms with van der Waals surface area (Å²) in [5.41, 5.74) is 0.547. The fourth-order valence-corrected chi connectivity index (χ4v) is 3.29. The minimum Gasteiger partial charge on any atom is -0.313 e. The van der Waals surface area contributed by atoms with Crippen LogP contribution >= 0.6 is 0 Å². The lowest BCUT2D eigenvalue weighted by Gasteiger charge is -2.38. The molecule has 0 amide bonds. The Hall–Kier alpha value is -0.0800. The molecule has 0 radical (unpaired) electrons. The third-order valence-corrected chi connectivity index (χ3v) is 4.20. The minimum atomic E-state index is 0.547. The van der Waals surface area contributed by atoms with Crippen LogP contribution in [0.3, 0.4) is 0 Å². The van der Waals surface area contributed by atoms with Gasteiger partial charge in [-0.1, -0.05) is 26.7 Å². The molecule has 0 aromatic heterocycles. The van der Waals surface area contributed by atoms with Crippen LogP contribution in [0.5, 0.6) is 0 Å². The number of nitrogens with one attached hydrogen (secondary N) is 1. The van der Waals surface area contributed by atoms with Crippen LogP contribution in [0.25, 0.3) is 0 Å². The molecule has 1 aliphatic carbocycles. The van der Waals surface area contributed by atoms with Crippen molar-refractivity contribution >= 4 is 0 Å². The summed E-state index contributed by atoms with van der Waals surface area (Å²) in [6.07, 6.45) is 8.48. The van der Waals surface area contributed by atoms with Crippen molar-refractivity contribution in [1.82, 2.24) is 10.2 Å². The number of rotatable bonds is 4. The van der Waals surface area contributed by atoms with Crippen molar-refractivity contribution in [2.45, 2.75) is 58.4 Å². The lowest BCUT2D eigenvalue weighted by Crippen LogP contribution is -2.44. The van der Waals surface area contributed by atoms with Crippen LogP contribution in [0.1, 0.15) is 52.4 Å². The second kappa shape index (κ2) is 5.50. The fourth-order valence-electron chi connectivity index (χ4n) is 3.29. The quantitative estimate of drug-likeness (QED) is 0.790. The average molecular weight is 224 g/mol. The summed E-state index contributed by atoms with van der Waals surface area (Å²) in [5.74, 6) is 0. The highest BCUT2D eigenvalue weighted by Gasteiger charge is 2.25. The number of likely N-dealkylation sites (tertiary alicyclic amines) is 1. The molecule has 16 heavy (non-hydrogen) atoms. The van der Waals surface area contributed by atoms with Gasteiger partial charge in [-0.2, -0.15) is 0 Å². The summed E-state index contributed by atoms with van der Waals surface area (Å²) >= 11 is 0. The molecular weight excluding hydrogens is 196 g/mol. The molecule has 94 valence electrons. The molecule has 0 unspecified atom stereocenters. The van der Waals surface area contributed by atoms with Crippen LogP contribution in [0.4, 0.5) is 0 Å². The van der Waals surface area contributed by atoms with Gasteiger partial charge in [0.05, 0.1) is 0 Å². The van der Waals surface area contributed by atoms with Gasteiger partial charge in [-0.3, -0.25) is 0 Å². The molecule has 0 aromatic rings. The van der Waals surface area contributed by atoms with Crippen molar-refractivity contribution < 1.29 is 0 Å². The van der Waals surface area contributed by atoms with E-state index in [-0.39, 0.29) is 0 Å². The second-order valence-corrected chi connectivity index (χ2v) is 6.48. The molecule has 1 aliphatic heterocycles. The monoisotopic (exact) mass is 224 g/mol. The van der Waals surface area contributed by atoms with Crippen LogP contribution in [-0.4, -0.2) is 37.1 Å². The first-order valence-corrected chi connectivity index (χ1v) is 7.11. The molecule has 0 atom stereocenters. The first kappa shape index (κ1) is 12.4. The molecule has 2 rings (SSSR count). The van der Waals surface area contributed by atoms with Crippen molar-refractivity contribution in [3.63, 3.8) is 0 Å². The molecule has 1 N–H and O–H groups in total. The molecule has 1 heterocycles. The molecule has 2 heteroatoms. The number of hydrogen-bond acceptors (Lipinski definition) is 2. The molecule has 1 saturated heterocycles. The lowest BCUT2D eigenvalue weighted by molar-refractivity contribution is 0.118. The van der Waals surface area contributed by atoms with Crippen molar-refractivity contribution in [2.24, 2.45) is 5.41 Å². The largest absolute Gasteiger partial charge is 0.313 e. The van der Waals surface area contributed by atoms with E-state index in [0.717, 1.165) is 6.04 Å². The Morgan fingerprint density at radius 1 is 1.19 bits per heavy atom. The van der Waals surface area contributed by atoms with E-state index in [2.05, 4.69) is 24.1 Å². The zero-order chi connectivity index (χ0) is 11.4. The Morgan fingerprint density at radius 2 is 1.94 bits per heavy atom. The normalized spacial score (nSPS) is 27.4. The van der Waals surface area contributed by atoms with E-state index in [9.17, 15) is 0 Å². The van der Waals surface area contributed by atoms with Crippen molar-refractivity contribution in [2.75, 3.05) is 26.2 Å². The van der Waals surface area contributed by atoms with E-state index in [1.54, 1.807) is 0 Å². The van der Waals surface area contributed by atoms with Crippen molar-refractivity contribution in [3.8, 4) is 0 Å². The van der Waals surface area contributed by atoms with Gasteiger partial charge in [0.25, 0.3) is 0 Å². The van der Waals surface area contributed by atoms with Gasteiger partial charge in [0.1, 0.15) is 0 Å². The predicted octanol–water partition coefficient (Wildman–Crippen LogP) is 2.64. The summed E-state index contributed by atoms with van der Waals surface area (Å²) < 4.78 is 0. The van der Waals surface area contributed by atoms with E-state index < -0.39 is 0 Å². The standard InChI is InChI=1S/C14H28N2/c1-14(2)8-5-10-16(12-14)11-9-15-13-6-3-4-7-13/h13,15H,3-12H2,1-2H3. The molecule has 2 fully saturated rings. The second-order valence-electron chi connectivity index (χ2n) is 6.48. The van der Waals surface area contributed by atoms with Gasteiger partial charge in [0.15, 0.2) is 0 Å². The van der Waals surface area contributed by atoms with Crippen LogP contribution < -0.4 is 5.32 Å². The van der Waals surface area contributed by atoms with Crippen LogP contribution in [-0.2, 0) is 0 Å². The van der Waals surface area contributed by atoms with Gasteiger partial charge < -0.3 is 10.2 Å². The van der Waals surface area contributed by atoms with E-state index in [4.69, 9.17) is 0 Å². The molecule has 2 nitrogen and oxygen atoms in total. The van der Waals surface area contributed by atoms with E-state index in [1.807, 2.05) is 0 Å². The third-order valence-electron chi connectivity index (χ3n) is 4.20. The summed E-state index contributed by atoms with van der Waals surface area (Å²) in [4.78, 5) is 2.64. The number of hydrogen-bond donors (Lipinski definition) is 1. The molecule has 0 bridgehead atoms. The maximum Gasteiger partial charge on any atom is 0.0107 e. The maximum atomic E-state index is 3.71. The molecule has 0 spiro atoms. The summed E-state index contributed by atoms with van der Waals surface area (Å²) in [6.45, 7) is 9.86. The summed E-state index contributed by atoms with van der Waals surface area (Å²) in [6, 6.07) is 0.831. The average Bonchev–Trinajstić information content (AvgIpc) is 2.69. The fraction of sp³-hybridized carbons (Fsp3) is 1.00. The van der Waals surface area contributed by atoms with E-state index >= 15 is 0 Å². The molecule has 0 aromatic carbocycles. The third kappa shape index (κ3) is 3.74. The first-order chi connectivity index (χ1) is 7.66. The Balaban J connectivity index is 1.61. The Morgan fingerprint density at radius 3 is 2.62 bits per heavy atom. The highest BCUT2D eigenvalue weighted by atomic mass is 15.2. The summed E-state index contributed by atoms with van der Waals surface area (Å²) in [5, 5.41) is 3.71. The van der Waals surface area contributed by atoms with Gasteiger partial charge in [-0.15, -0.1) is 0 Å². The lowest BCUT2D eigenvalue weighted by atomic mass is 9.84. The van der Waals surface area contributed by atoms with E-state index in [1.165, 1.54) is 64.7 Å². The first-order valence-electron chi connectivity index (χ1n) is 7.11. The highest BCUT2D eigenvalue weighted by Crippen LogP contribution is 2.28. The van der Waals surface area contributed by atoms with Crippen molar-refractivity contribution in [3.05, 3.63) is 0 Å². The van der Waals surface area contributed by atoms with Crippen LogP contribution in [0.2, 0.25) is 0 Å². The van der Waals surface area contributed by atoms with Gasteiger partial charge >= 0.3 is 0 Å². The van der Waals surface area contributed by atoms with Crippen molar-refractivity contribution in [1.29, 1.82) is 0 Å². The molecule has 2 aliphatic rings. The van der Waals surface area contributed by atoms with Gasteiger partial charge in [0.2, 0.25) is 0 Å². The van der Waals surface area contributed by atoms with Gasteiger partial charge in [-0.05, 0) is 37.6 Å². The zero-order valence-electron chi connectivity index (χ0n) is 11.1.